The second-order valence-electron chi connectivity index (χ2n) is 6.31. The predicted octanol–water partition coefficient (Wildman–Crippen LogP) is 3.62. The van der Waals surface area contributed by atoms with Crippen molar-refractivity contribution in [2.75, 3.05) is 10.6 Å². The highest BCUT2D eigenvalue weighted by atomic mass is 16.6. The van der Waals surface area contributed by atoms with Crippen LogP contribution in [0.15, 0.2) is 53.7 Å². The van der Waals surface area contributed by atoms with Gasteiger partial charge in [0.15, 0.2) is 5.78 Å². The van der Waals surface area contributed by atoms with Crippen LogP contribution in [-0.4, -0.2) is 29.4 Å². The molecule has 2 aromatic rings. The summed E-state index contributed by atoms with van der Waals surface area (Å²) < 4.78 is 0. The van der Waals surface area contributed by atoms with Gasteiger partial charge < -0.3 is 15.5 Å². The van der Waals surface area contributed by atoms with Crippen LogP contribution in [0.4, 0.5) is 11.4 Å². The average molecular weight is 381 g/mol. The van der Waals surface area contributed by atoms with Crippen molar-refractivity contribution >= 4 is 34.7 Å². The lowest BCUT2D eigenvalue weighted by Gasteiger charge is -2.12. The van der Waals surface area contributed by atoms with E-state index in [1.165, 1.54) is 13.8 Å². The molecule has 2 amide bonds. The molecule has 0 aliphatic heterocycles. The van der Waals surface area contributed by atoms with Crippen LogP contribution in [0.2, 0.25) is 0 Å². The Kier molecular flexibility index (Phi) is 7.03. The first-order valence-corrected chi connectivity index (χ1v) is 8.76. The van der Waals surface area contributed by atoms with Crippen molar-refractivity contribution in [3.8, 4) is 0 Å². The third kappa shape index (κ3) is 6.05. The largest absolute Gasteiger partial charge is 0.382 e. The van der Waals surface area contributed by atoms with Crippen LogP contribution >= 0.6 is 0 Å². The molecule has 0 saturated carbocycles. The van der Waals surface area contributed by atoms with Crippen LogP contribution in [0.1, 0.15) is 43.6 Å². The molecule has 0 radical (unpaired) electrons. The summed E-state index contributed by atoms with van der Waals surface area (Å²) >= 11 is 0. The Hall–Kier alpha value is -3.48. The Morgan fingerprint density at radius 3 is 1.82 bits per heavy atom. The van der Waals surface area contributed by atoms with Gasteiger partial charge in [-0.15, -0.1) is 0 Å². The quantitative estimate of drug-likeness (QED) is 0.435. The number of anilines is 2. The van der Waals surface area contributed by atoms with Crippen molar-refractivity contribution in [3.63, 3.8) is 0 Å². The van der Waals surface area contributed by atoms with E-state index in [-0.39, 0.29) is 17.6 Å². The second-order valence-corrected chi connectivity index (χ2v) is 6.31. The zero-order valence-corrected chi connectivity index (χ0v) is 16.3. The van der Waals surface area contributed by atoms with Gasteiger partial charge in [0.05, 0.1) is 5.71 Å². The fourth-order valence-electron chi connectivity index (χ4n) is 2.29. The number of amides is 2. The zero-order chi connectivity index (χ0) is 20.7. The Morgan fingerprint density at radius 2 is 1.32 bits per heavy atom. The summed E-state index contributed by atoms with van der Waals surface area (Å²) in [7, 11) is 0. The minimum atomic E-state index is -0.805. The lowest BCUT2D eigenvalue weighted by Crippen LogP contribution is -2.26. The van der Waals surface area contributed by atoms with Gasteiger partial charge in [-0.2, -0.15) is 0 Å². The fraction of sp³-hybridized carbons (Fsp3) is 0.238. The van der Waals surface area contributed by atoms with E-state index in [0.29, 0.717) is 22.6 Å². The summed E-state index contributed by atoms with van der Waals surface area (Å²) in [5.41, 5.74) is 3.24. The second kappa shape index (κ2) is 9.45. The van der Waals surface area contributed by atoms with Gasteiger partial charge >= 0.3 is 0 Å². The number of rotatable bonds is 7. The Morgan fingerprint density at radius 1 is 0.821 bits per heavy atom. The van der Waals surface area contributed by atoms with Gasteiger partial charge in [0.1, 0.15) is 0 Å². The molecule has 2 N–H and O–H groups in total. The highest BCUT2D eigenvalue weighted by Crippen LogP contribution is 2.13. The van der Waals surface area contributed by atoms with Crippen molar-refractivity contribution < 1.29 is 19.2 Å². The van der Waals surface area contributed by atoms with Crippen LogP contribution in [0.25, 0.3) is 0 Å². The maximum atomic E-state index is 12.2. The number of nitrogens with zero attached hydrogens (tertiary/aromatic N) is 1. The van der Waals surface area contributed by atoms with E-state index in [2.05, 4.69) is 15.8 Å². The summed E-state index contributed by atoms with van der Waals surface area (Å²) in [5, 5.41) is 9.41. The first kappa shape index (κ1) is 20.8. The molecule has 0 bridgehead atoms. The summed E-state index contributed by atoms with van der Waals surface area (Å²) in [6.07, 6.45) is -0.805. The van der Waals surface area contributed by atoms with Gasteiger partial charge in [-0.1, -0.05) is 17.3 Å². The molecule has 1 atom stereocenters. The number of carbonyl (C=O) groups is 3. The molecule has 146 valence electrons. The molecule has 7 nitrogen and oxygen atoms in total. The number of benzene rings is 2. The van der Waals surface area contributed by atoms with Gasteiger partial charge in [-0.3, -0.25) is 14.4 Å². The molecule has 2 aromatic carbocycles. The molecule has 0 saturated heterocycles. The van der Waals surface area contributed by atoms with Gasteiger partial charge in [0.25, 0.3) is 5.91 Å². The third-order valence-corrected chi connectivity index (χ3v) is 3.90. The SMILES string of the molecule is CC(=O)Nc1ccc(/C(C)=N/OC(C)C(=O)Nc2ccc(C(C)=O)cc2)cc1. The minimum Gasteiger partial charge on any atom is -0.382 e. The van der Waals surface area contributed by atoms with Crippen LogP contribution in [0, 0.1) is 0 Å². The number of nitrogens with one attached hydrogen (secondary N) is 2. The summed E-state index contributed by atoms with van der Waals surface area (Å²) in [6, 6.07) is 13.7. The standard InChI is InChI=1S/C21H23N3O4/c1-13(17-5-9-19(10-6-17)22-16(4)26)24-28-15(3)21(27)23-20-11-7-18(8-12-20)14(2)25/h5-12,15H,1-4H3,(H,22,26)(H,23,27)/b24-13+. The molecule has 2 rings (SSSR count). The molecule has 1 unspecified atom stereocenters. The van der Waals surface area contributed by atoms with Crippen molar-refractivity contribution in [1.29, 1.82) is 0 Å². The van der Waals surface area contributed by atoms with Crippen molar-refractivity contribution in [1.82, 2.24) is 0 Å². The van der Waals surface area contributed by atoms with Gasteiger partial charge in [0, 0.05) is 23.9 Å². The number of Topliss-reactive ketones (excluding diaryl/α,β-unsaturated/α-hetero) is 1. The first-order valence-electron chi connectivity index (χ1n) is 8.76. The Labute approximate surface area is 163 Å². The first-order chi connectivity index (χ1) is 13.3. The number of carbonyl (C=O) groups excluding carboxylic acids is 3. The van der Waals surface area contributed by atoms with Crippen molar-refractivity contribution in [2.24, 2.45) is 5.16 Å². The Bertz CT molecular complexity index is 887. The molecule has 0 aliphatic rings. The number of oxime groups is 1. The molecule has 0 aliphatic carbocycles. The van der Waals surface area contributed by atoms with E-state index in [1.807, 2.05) is 0 Å². The molecule has 0 spiro atoms. The number of hydrogen-bond donors (Lipinski definition) is 2. The van der Waals surface area contributed by atoms with Crippen LogP contribution in [-0.2, 0) is 14.4 Å². The molecule has 0 aromatic heterocycles. The van der Waals surface area contributed by atoms with Gasteiger partial charge in [0.2, 0.25) is 12.0 Å². The van der Waals surface area contributed by atoms with Crippen LogP contribution < -0.4 is 10.6 Å². The monoisotopic (exact) mass is 381 g/mol. The van der Waals surface area contributed by atoms with Crippen molar-refractivity contribution in [2.45, 2.75) is 33.8 Å². The minimum absolute atomic E-state index is 0.0375. The molecule has 0 fully saturated rings. The highest BCUT2D eigenvalue weighted by Gasteiger charge is 2.15. The fourth-order valence-corrected chi connectivity index (χ4v) is 2.29. The van der Waals surface area contributed by atoms with Crippen LogP contribution in [0.5, 0.6) is 0 Å². The van der Waals surface area contributed by atoms with Gasteiger partial charge in [-0.05, 0) is 62.7 Å². The predicted molar refractivity (Wildman–Crippen MR) is 109 cm³/mol. The molecular formula is C21H23N3O4. The Balaban J connectivity index is 1.93. The van der Waals surface area contributed by atoms with Crippen molar-refractivity contribution in [3.05, 3.63) is 59.7 Å². The normalized spacial score (nSPS) is 12.1. The summed E-state index contributed by atoms with van der Waals surface area (Å²) in [5.74, 6) is -0.533. The number of ketones is 1. The van der Waals surface area contributed by atoms with Gasteiger partial charge in [-0.25, -0.2) is 0 Å². The molecular weight excluding hydrogens is 358 g/mol. The van der Waals surface area contributed by atoms with E-state index in [0.717, 1.165) is 5.56 Å². The van der Waals surface area contributed by atoms with E-state index in [4.69, 9.17) is 4.84 Å². The third-order valence-electron chi connectivity index (χ3n) is 3.90. The smallest absolute Gasteiger partial charge is 0.267 e. The average Bonchev–Trinajstić information content (AvgIpc) is 2.66. The summed E-state index contributed by atoms with van der Waals surface area (Å²) in [6.45, 7) is 6.28. The zero-order valence-electron chi connectivity index (χ0n) is 16.3. The molecule has 28 heavy (non-hydrogen) atoms. The lowest BCUT2D eigenvalue weighted by atomic mass is 10.1. The van der Waals surface area contributed by atoms with Crippen LogP contribution in [0.3, 0.4) is 0 Å². The summed E-state index contributed by atoms with van der Waals surface area (Å²) in [4.78, 5) is 39.8. The highest BCUT2D eigenvalue weighted by molar-refractivity contribution is 5.99. The maximum Gasteiger partial charge on any atom is 0.267 e. The number of hydrogen-bond acceptors (Lipinski definition) is 5. The molecule has 7 heteroatoms. The topological polar surface area (TPSA) is 96.9 Å². The van der Waals surface area contributed by atoms with E-state index in [1.54, 1.807) is 62.4 Å². The van der Waals surface area contributed by atoms with E-state index < -0.39 is 6.10 Å². The van der Waals surface area contributed by atoms with E-state index in [9.17, 15) is 14.4 Å². The van der Waals surface area contributed by atoms with E-state index >= 15 is 0 Å². The lowest BCUT2D eigenvalue weighted by molar-refractivity contribution is -0.126. The maximum absolute atomic E-state index is 12.2. The molecule has 0 heterocycles.